The number of hydrogen-bond donors (Lipinski definition) is 1. The lowest BCUT2D eigenvalue weighted by Crippen LogP contribution is -2.38. The molecule has 0 fully saturated rings. The number of carbonyl (C=O) groups excluding carboxylic acids is 1. The Morgan fingerprint density at radius 3 is 2.50 bits per heavy atom. The van der Waals surface area contributed by atoms with Crippen LogP contribution in [-0.2, 0) is 9.53 Å². The van der Waals surface area contributed by atoms with E-state index in [2.05, 4.69) is 26.1 Å². The molecule has 1 aliphatic rings. The standard InChI is InChI=1S/C14H26N2O2/c1-14(2,3)11-10-12(17)13(11)16(5)7-9-18-8-6-15-4/h15H,6-10H2,1-5H3. The highest BCUT2D eigenvalue weighted by Crippen LogP contribution is 2.39. The molecule has 0 aromatic rings. The summed E-state index contributed by atoms with van der Waals surface area (Å²) in [5, 5.41) is 3.03. The second-order valence-electron chi connectivity index (χ2n) is 5.81. The average molecular weight is 254 g/mol. The third-order valence-corrected chi connectivity index (χ3v) is 3.24. The molecule has 104 valence electrons. The van der Waals surface area contributed by atoms with E-state index in [1.165, 1.54) is 5.57 Å². The molecule has 18 heavy (non-hydrogen) atoms. The minimum Gasteiger partial charge on any atom is -0.378 e. The molecule has 0 aromatic carbocycles. The summed E-state index contributed by atoms with van der Waals surface area (Å²) >= 11 is 0. The van der Waals surface area contributed by atoms with Gasteiger partial charge < -0.3 is 15.0 Å². The molecule has 0 bridgehead atoms. The fourth-order valence-electron chi connectivity index (χ4n) is 2.04. The Labute approximate surface area is 110 Å². The predicted octanol–water partition coefficient (Wildman–Crippen LogP) is 1.43. The van der Waals surface area contributed by atoms with Crippen LogP contribution in [0.5, 0.6) is 0 Å². The maximum atomic E-state index is 11.7. The summed E-state index contributed by atoms with van der Waals surface area (Å²) in [6.07, 6.45) is 0.615. The molecule has 0 aliphatic heterocycles. The molecule has 4 heteroatoms. The van der Waals surface area contributed by atoms with Gasteiger partial charge in [0.1, 0.15) is 0 Å². The number of rotatable bonds is 7. The molecular formula is C14H26N2O2. The second-order valence-corrected chi connectivity index (χ2v) is 5.81. The van der Waals surface area contributed by atoms with Gasteiger partial charge in [-0.05, 0) is 18.0 Å². The molecule has 4 nitrogen and oxygen atoms in total. The van der Waals surface area contributed by atoms with Gasteiger partial charge >= 0.3 is 0 Å². The highest BCUT2D eigenvalue weighted by molar-refractivity contribution is 6.04. The van der Waals surface area contributed by atoms with Crippen molar-refractivity contribution < 1.29 is 9.53 Å². The van der Waals surface area contributed by atoms with Gasteiger partial charge in [0, 0.05) is 26.6 Å². The summed E-state index contributed by atoms with van der Waals surface area (Å²) in [4.78, 5) is 13.7. The number of likely N-dealkylation sites (N-methyl/N-ethyl adjacent to an activating group) is 2. The van der Waals surface area contributed by atoms with Crippen LogP contribution in [0.4, 0.5) is 0 Å². The summed E-state index contributed by atoms with van der Waals surface area (Å²) in [7, 11) is 3.88. The number of ketones is 1. The molecule has 0 saturated heterocycles. The largest absolute Gasteiger partial charge is 0.378 e. The lowest BCUT2D eigenvalue weighted by Gasteiger charge is -2.37. The van der Waals surface area contributed by atoms with Gasteiger partial charge in [0.2, 0.25) is 0 Å². The van der Waals surface area contributed by atoms with Crippen LogP contribution in [0, 0.1) is 5.41 Å². The minimum absolute atomic E-state index is 0.0878. The lowest BCUT2D eigenvalue weighted by atomic mass is 9.74. The molecule has 0 aromatic heterocycles. The monoisotopic (exact) mass is 254 g/mol. The van der Waals surface area contributed by atoms with Crippen LogP contribution in [0.15, 0.2) is 11.3 Å². The number of hydrogen-bond acceptors (Lipinski definition) is 4. The molecule has 0 amide bonds. The zero-order valence-electron chi connectivity index (χ0n) is 12.3. The van der Waals surface area contributed by atoms with Gasteiger partial charge in [-0.15, -0.1) is 0 Å². The van der Waals surface area contributed by atoms with E-state index in [-0.39, 0.29) is 11.2 Å². The van der Waals surface area contributed by atoms with E-state index in [4.69, 9.17) is 4.74 Å². The summed E-state index contributed by atoms with van der Waals surface area (Å²) < 4.78 is 5.48. The maximum absolute atomic E-state index is 11.7. The first-order valence-corrected chi connectivity index (χ1v) is 6.58. The fraction of sp³-hybridized carbons (Fsp3) is 0.786. The Bertz CT molecular complexity index is 329. The summed E-state index contributed by atoms with van der Waals surface area (Å²) in [5.41, 5.74) is 2.26. The van der Waals surface area contributed by atoms with Crippen molar-refractivity contribution in [2.45, 2.75) is 27.2 Å². The van der Waals surface area contributed by atoms with Crippen molar-refractivity contribution in [3.05, 3.63) is 11.3 Å². The summed E-state index contributed by atoms with van der Waals surface area (Å²) in [6, 6.07) is 0. The van der Waals surface area contributed by atoms with Crippen molar-refractivity contribution in [2.24, 2.45) is 5.41 Å². The van der Waals surface area contributed by atoms with Gasteiger partial charge in [0.15, 0.2) is 5.78 Å². The van der Waals surface area contributed by atoms with Gasteiger partial charge in [0.25, 0.3) is 0 Å². The number of nitrogens with one attached hydrogen (secondary N) is 1. The Hall–Kier alpha value is -0.870. The van der Waals surface area contributed by atoms with Gasteiger partial charge in [-0.1, -0.05) is 20.8 Å². The maximum Gasteiger partial charge on any atom is 0.182 e. The topological polar surface area (TPSA) is 41.6 Å². The molecule has 0 radical (unpaired) electrons. The van der Waals surface area contributed by atoms with Gasteiger partial charge in [0.05, 0.1) is 18.9 Å². The van der Waals surface area contributed by atoms with E-state index in [0.29, 0.717) is 19.6 Å². The van der Waals surface area contributed by atoms with E-state index in [1.807, 2.05) is 19.0 Å². The number of nitrogens with zero attached hydrogens (tertiary/aromatic N) is 1. The van der Waals surface area contributed by atoms with Gasteiger partial charge in [-0.2, -0.15) is 0 Å². The van der Waals surface area contributed by atoms with Crippen molar-refractivity contribution in [1.29, 1.82) is 0 Å². The van der Waals surface area contributed by atoms with Crippen LogP contribution in [0.3, 0.4) is 0 Å². The molecule has 1 rings (SSSR count). The molecule has 0 spiro atoms. The zero-order valence-corrected chi connectivity index (χ0v) is 12.3. The van der Waals surface area contributed by atoms with Crippen molar-refractivity contribution >= 4 is 5.78 Å². The highest BCUT2D eigenvalue weighted by atomic mass is 16.5. The van der Waals surface area contributed by atoms with Crippen LogP contribution in [0.1, 0.15) is 27.2 Å². The minimum atomic E-state index is 0.0878. The summed E-state index contributed by atoms with van der Waals surface area (Å²) in [5.74, 6) is 0.262. The molecule has 1 aliphatic carbocycles. The van der Waals surface area contributed by atoms with E-state index in [9.17, 15) is 4.79 Å². The third-order valence-electron chi connectivity index (χ3n) is 3.24. The van der Waals surface area contributed by atoms with Crippen LogP contribution >= 0.6 is 0 Å². The third kappa shape index (κ3) is 3.82. The Kier molecular flexibility index (Phi) is 5.35. The average Bonchev–Trinajstić information content (AvgIpc) is 2.24. The molecular weight excluding hydrogens is 228 g/mol. The lowest BCUT2D eigenvalue weighted by molar-refractivity contribution is -0.118. The fourth-order valence-corrected chi connectivity index (χ4v) is 2.04. The van der Waals surface area contributed by atoms with Gasteiger partial charge in [-0.3, -0.25) is 4.79 Å². The summed E-state index contributed by atoms with van der Waals surface area (Å²) in [6.45, 7) is 9.48. The Morgan fingerprint density at radius 2 is 2.00 bits per heavy atom. The van der Waals surface area contributed by atoms with E-state index in [1.54, 1.807) is 0 Å². The first-order chi connectivity index (χ1) is 8.38. The highest BCUT2D eigenvalue weighted by Gasteiger charge is 2.36. The first kappa shape index (κ1) is 15.2. The van der Waals surface area contributed by atoms with Crippen LogP contribution in [0.2, 0.25) is 0 Å². The van der Waals surface area contributed by atoms with Crippen molar-refractivity contribution in [1.82, 2.24) is 10.2 Å². The van der Waals surface area contributed by atoms with Crippen molar-refractivity contribution in [3.63, 3.8) is 0 Å². The van der Waals surface area contributed by atoms with Crippen molar-refractivity contribution in [3.8, 4) is 0 Å². The smallest absolute Gasteiger partial charge is 0.182 e. The molecule has 0 atom stereocenters. The first-order valence-electron chi connectivity index (χ1n) is 6.58. The van der Waals surface area contributed by atoms with E-state index >= 15 is 0 Å². The molecule has 0 saturated carbocycles. The number of Topliss-reactive ketones (excluding diaryl/α,β-unsaturated/α-hetero) is 1. The number of allylic oxidation sites excluding steroid dienone is 2. The quantitative estimate of drug-likeness (QED) is 0.698. The normalized spacial score (nSPS) is 15.9. The van der Waals surface area contributed by atoms with Crippen LogP contribution < -0.4 is 5.32 Å². The molecule has 0 heterocycles. The van der Waals surface area contributed by atoms with Crippen LogP contribution in [-0.4, -0.2) is 51.1 Å². The van der Waals surface area contributed by atoms with E-state index < -0.39 is 0 Å². The van der Waals surface area contributed by atoms with Crippen LogP contribution in [0.25, 0.3) is 0 Å². The predicted molar refractivity (Wildman–Crippen MR) is 73.5 cm³/mol. The van der Waals surface area contributed by atoms with Crippen molar-refractivity contribution in [2.75, 3.05) is 40.4 Å². The zero-order chi connectivity index (χ0) is 13.8. The number of carbonyl (C=O) groups is 1. The second kappa shape index (κ2) is 6.34. The molecule has 0 unspecified atom stereocenters. The molecule has 1 N–H and O–H groups in total. The number of ether oxygens (including phenoxy) is 1. The van der Waals surface area contributed by atoms with Gasteiger partial charge in [-0.25, -0.2) is 0 Å². The van der Waals surface area contributed by atoms with E-state index in [0.717, 1.165) is 18.8 Å². The Morgan fingerprint density at radius 1 is 1.33 bits per heavy atom. The SMILES string of the molecule is CNCCOCCN(C)C1=C(C(C)(C)C)CC1=O. The Balaban J connectivity index is 2.46.